The molecule has 0 aliphatic rings. The summed E-state index contributed by atoms with van der Waals surface area (Å²) < 4.78 is 5.55. The third-order valence-corrected chi connectivity index (χ3v) is 5.29. The fourth-order valence-electron chi connectivity index (χ4n) is 2.92. The molecule has 170 valence electrons. The lowest BCUT2D eigenvalue weighted by Crippen LogP contribution is -2.21. The number of rotatable bonds is 7. The Morgan fingerprint density at radius 2 is 1.58 bits per heavy atom. The van der Waals surface area contributed by atoms with E-state index in [-0.39, 0.29) is 34.2 Å². The molecule has 6 nitrogen and oxygen atoms in total. The summed E-state index contributed by atoms with van der Waals surface area (Å²) in [5.74, 6) is -0.478. The predicted molar refractivity (Wildman–Crippen MR) is 133 cm³/mol. The van der Waals surface area contributed by atoms with Crippen molar-refractivity contribution in [2.24, 2.45) is 5.10 Å². The summed E-state index contributed by atoms with van der Waals surface area (Å²) in [6.45, 7) is 5.54. The summed E-state index contributed by atoms with van der Waals surface area (Å²) in [6.07, 6.45) is 1.42. The van der Waals surface area contributed by atoms with Crippen LogP contribution in [0.3, 0.4) is 0 Å². The molecule has 8 heteroatoms. The van der Waals surface area contributed by atoms with Crippen LogP contribution < -0.4 is 15.5 Å². The summed E-state index contributed by atoms with van der Waals surface area (Å²) in [5, 5.41) is 7.19. The normalized spacial score (nSPS) is 10.8. The molecule has 33 heavy (non-hydrogen) atoms. The zero-order chi connectivity index (χ0) is 24.0. The van der Waals surface area contributed by atoms with Crippen molar-refractivity contribution in [3.8, 4) is 5.75 Å². The molecule has 3 rings (SSSR count). The largest absolute Gasteiger partial charge is 0.481 e. The van der Waals surface area contributed by atoms with Gasteiger partial charge in [-0.2, -0.15) is 5.10 Å². The second kappa shape index (κ2) is 11.0. The van der Waals surface area contributed by atoms with Crippen molar-refractivity contribution < 1.29 is 14.3 Å². The maximum Gasteiger partial charge on any atom is 0.271 e. The van der Waals surface area contributed by atoms with Crippen molar-refractivity contribution in [2.45, 2.75) is 20.8 Å². The molecule has 0 aromatic heterocycles. The Labute approximate surface area is 202 Å². The number of halogens is 2. The average Bonchev–Trinajstić information content (AvgIpc) is 2.76. The molecule has 0 unspecified atom stereocenters. The molecular formula is C25H23Cl2N3O3. The van der Waals surface area contributed by atoms with E-state index in [1.807, 2.05) is 51.1 Å². The van der Waals surface area contributed by atoms with Gasteiger partial charge in [0, 0.05) is 11.3 Å². The molecule has 2 amide bonds. The molecule has 0 saturated heterocycles. The van der Waals surface area contributed by atoms with Crippen LogP contribution >= 0.6 is 23.2 Å². The molecule has 0 aliphatic heterocycles. The highest BCUT2D eigenvalue weighted by Crippen LogP contribution is 2.34. The number of hydrogen-bond acceptors (Lipinski definition) is 4. The van der Waals surface area contributed by atoms with E-state index in [2.05, 4.69) is 15.8 Å². The minimum atomic E-state index is -0.335. The number of amides is 2. The van der Waals surface area contributed by atoms with Gasteiger partial charge in [0.1, 0.15) is 0 Å². The maximum absolute atomic E-state index is 12.3. The van der Waals surface area contributed by atoms with Crippen molar-refractivity contribution in [1.82, 2.24) is 5.43 Å². The highest BCUT2D eigenvalue weighted by Gasteiger charge is 2.13. The third kappa shape index (κ3) is 6.81. The Morgan fingerprint density at radius 3 is 2.24 bits per heavy atom. The van der Waals surface area contributed by atoms with Gasteiger partial charge in [0.25, 0.3) is 11.8 Å². The van der Waals surface area contributed by atoms with Crippen molar-refractivity contribution >= 4 is 46.9 Å². The highest BCUT2D eigenvalue weighted by atomic mass is 35.5. The summed E-state index contributed by atoms with van der Waals surface area (Å²) in [5.41, 5.74) is 7.27. The van der Waals surface area contributed by atoms with Crippen molar-refractivity contribution in [2.75, 3.05) is 11.9 Å². The van der Waals surface area contributed by atoms with Crippen molar-refractivity contribution in [1.29, 1.82) is 0 Å². The molecule has 0 spiro atoms. The fourth-order valence-corrected chi connectivity index (χ4v) is 3.53. The number of carbonyl (C=O) groups is 2. The van der Waals surface area contributed by atoms with E-state index in [1.54, 1.807) is 24.3 Å². The van der Waals surface area contributed by atoms with Crippen LogP contribution in [0.25, 0.3) is 0 Å². The number of nitrogens with zero attached hydrogens (tertiary/aromatic N) is 1. The summed E-state index contributed by atoms with van der Waals surface area (Å²) in [7, 11) is 0. The quantitative estimate of drug-likeness (QED) is 0.334. The van der Waals surface area contributed by atoms with Gasteiger partial charge in [0.05, 0.1) is 16.3 Å². The molecule has 2 N–H and O–H groups in total. The van der Waals surface area contributed by atoms with Gasteiger partial charge in [-0.15, -0.1) is 0 Å². The van der Waals surface area contributed by atoms with Gasteiger partial charge in [-0.05, 0) is 67.8 Å². The van der Waals surface area contributed by atoms with Crippen LogP contribution in [0.5, 0.6) is 5.75 Å². The lowest BCUT2D eigenvalue weighted by atomic mass is 10.1. The lowest BCUT2D eigenvalue weighted by molar-refractivity contribution is -0.118. The number of benzene rings is 3. The van der Waals surface area contributed by atoms with Crippen molar-refractivity contribution in [3.05, 3.63) is 92.5 Å². The second-order valence-electron chi connectivity index (χ2n) is 7.53. The number of anilines is 1. The SMILES string of the molecule is Cc1ccc(C(=O)N/N=C/c2cc(Cl)c(OCC(=O)Nc3cc(C)ccc3C)c(Cl)c2)cc1. The summed E-state index contributed by atoms with van der Waals surface area (Å²) >= 11 is 12.6. The van der Waals surface area contributed by atoms with E-state index in [4.69, 9.17) is 27.9 Å². The van der Waals surface area contributed by atoms with Gasteiger partial charge < -0.3 is 10.1 Å². The Bertz CT molecular complexity index is 1190. The lowest BCUT2D eigenvalue weighted by Gasteiger charge is -2.12. The zero-order valence-corrected chi connectivity index (χ0v) is 19.9. The molecule has 3 aromatic rings. The molecule has 0 aliphatic carbocycles. The maximum atomic E-state index is 12.3. The van der Waals surface area contributed by atoms with Gasteiger partial charge >= 0.3 is 0 Å². The average molecular weight is 484 g/mol. The molecule has 3 aromatic carbocycles. The van der Waals surface area contributed by atoms with Gasteiger partial charge in [0.2, 0.25) is 0 Å². The van der Waals surface area contributed by atoms with E-state index < -0.39 is 0 Å². The molecule has 0 saturated carbocycles. The Hall–Kier alpha value is -3.35. The zero-order valence-electron chi connectivity index (χ0n) is 18.4. The number of carbonyl (C=O) groups excluding carboxylic acids is 2. The van der Waals surface area contributed by atoms with Gasteiger partial charge in [-0.3, -0.25) is 9.59 Å². The number of ether oxygens (including phenoxy) is 1. The van der Waals surface area contributed by atoms with E-state index in [0.717, 1.165) is 22.4 Å². The molecule has 0 fully saturated rings. The molecular weight excluding hydrogens is 461 g/mol. The van der Waals surface area contributed by atoms with Crippen LogP contribution in [-0.2, 0) is 4.79 Å². The monoisotopic (exact) mass is 483 g/mol. The summed E-state index contributed by atoms with van der Waals surface area (Å²) in [4.78, 5) is 24.4. The minimum Gasteiger partial charge on any atom is -0.481 e. The predicted octanol–water partition coefficient (Wildman–Crippen LogP) is 5.70. The molecule has 0 bridgehead atoms. The first kappa shape index (κ1) is 24.3. The topological polar surface area (TPSA) is 79.8 Å². The van der Waals surface area contributed by atoms with E-state index in [9.17, 15) is 9.59 Å². The Morgan fingerprint density at radius 1 is 0.939 bits per heavy atom. The first-order chi connectivity index (χ1) is 15.7. The first-order valence-electron chi connectivity index (χ1n) is 10.1. The smallest absolute Gasteiger partial charge is 0.271 e. The fraction of sp³-hybridized carbons (Fsp3) is 0.160. The van der Waals surface area contributed by atoms with Gasteiger partial charge in [0.15, 0.2) is 12.4 Å². The number of aryl methyl sites for hydroxylation is 3. The minimum absolute atomic E-state index is 0.190. The van der Waals surface area contributed by atoms with E-state index in [0.29, 0.717) is 11.1 Å². The van der Waals surface area contributed by atoms with Crippen LogP contribution in [0, 0.1) is 20.8 Å². The van der Waals surface area contributed by atoms with E-state index in [1.165, 1.54) is 6.21 Å². The Kier molecular flexibility index (Phi) is 8.09. The van der Waals surface area contributed by atoms with Crippen LogP contribution in [-0.4, -0.2) is 24.6 Å². The summed E-state index contributed by atoms with van der Waals surface area (Å²) in [6, 6.07) is 16.1. The van der Waals surface area contributed by atoms with E-state index >= 15 is 0 Å². The second-order valence-corrected chi connectivity index (χ2v) is 8.35. The van der Waals surface area contributed by atoms with Crippen LogP contribution in [0.4, 0.5) is 5.69 Å². The molecule has 0 heterocycles. The standard InChI is InChI=1S/C25H23Cl2N3O3/c1-15-5-8-19(9-6-15)25(32)30-28-13-18-11-20(26)24(21(27)12-18)33-14-23(31)29-22-10-16(2)4-7-17(22)3/h4-13H,14H2,1-3H3,(H,29,31)(H,30,32)/b28-13+. The first-order valence-corrected chi connectivity index (χ1v) is 10.9. The number of hydrazone groups is 1. The van der Waals surface area contributed by atoms with Crippen LogP contribution in [0.2, 0.25) is 10.0 Å². The van der Waals surface area contributed by atoms with Gasteiger partial charge in [-0.1, -0.05) is 53.0 Å². The molecule has 0 atom stereocenters. The van der Waals surface area contributed by atoms with Crippen LogP contribution in [0.15, 0.2) is 59.7 Å². The highest BCUT2D eigenvalue weighted by molar-refractivity contribution is 6.37. The number of nitrogens with one attached hydrogen (secondary N) is 2. The third-order valence-electron chi connectivity index (χ3n) is 4.73. The van der Waals surface area contributed by atoms with Crippen LogP contribution in [0.1, 0.15) is 32.6 Å². The number of hydrogen-bond donors (Lipinski definition) is 2. The molecule has 0 radical (unpaired) electrons. The van der Waals surface area contributed by atoms with Crippen molar-refractivity contribution in [3.63, 3.8) is 0 Å². The Balaban J connectivity index is 1.59. The van der Waals surface area contributed by atoms with Gasteiger partial charge in [-0.25, -0.2) is 5.43 Å².